The SMILES string of the molecule is O=C1C(c2c(O)cc(N(c3ccccc3)c3ccc4ccccc4c3)cc2O)C(=O)C1c1c(O)cc(N(c2ccccc2)c2ccc3ccccc3c2)cc1O. The summed E-state index contributed by atoms with van der Waals surface area (Å²) < 4.78 is 0. The molecule has 0 heterocycles. The van der Waals surface area contributed by atoms with Gasteiger partial charge in [0.1, 0.15) is 34.8 Å². The molecule has 1 aliphatic rings. The second-order valence-corrected chi connectivity index (χ2v) is 13.9. The number of ketones is 2. The average molecular weight is 735 g/mol. The Hall–Kier alpha value is -7.58. The number of phenolic OH excluding ortho intramolecular Hbond substituents is 4. The molecular formula is C48H34N2O6. The molecule has 0 atom stereocenters. The molecule has 0 amide bonds. The van der Waals surface area contributed by atoms with Gasteiger partial charge in [0.05, 0.1) is 22.5 Å². The fourth-order valence-corrected chi connectivity index (χ4v) is 7.83. The number of rotatable bonds is 8. The van der Waals surface area contributed by atoms with E-state index in [1.54, 1.807) is 0 Å². The van der Waals surface area contributed by atoms with Gasteiger partial charge in [0.15, 0.2) is 11.6 Å². The first-order valence-corrected chi connectivity index (χ1v) is 18.1. The first-order chi connectivity index (χ1) is 27.3. The van der Waals surface area contributed by atoms with Crippen molar-refractivity contribution >= 4 is 67.2 Å². The smallest absolute Gasteiger partial charge is 0.163 e. The van der Waals surface area contributed by atoms with Crippen LogP contribution >= 0.6 is 0 Å². The Kier molecular flexibility index (Phi) is 8.36. The predicted octanol–water partition coefficient (Wildman–Crippen LogP) is 10.8. The van der Waals surface area contributed by atoms with Crippen LogP contribution in [0.5, 0.6) is 23.0 Å². The highest BCUT2D eigenvalue weighted by molar-refractivity contribution is 6.32. The molecule has 1 saturated carbocycles. The number of benzene rings is 8. The van der Waals surface area contributed by atoms with Crippen LogP contribution in [-0.2, 0) is 9.59 Å². The van der Waals surface area contributed by atoms with Gasteiger partial charge < -0.3 is 30.2 Å². The Labute approximate surface area is 322 Å². The molecule has 8 aromatic rings. The first kappa shape index (κ1) is 34.2. The molecule has 0 bridgehead atoms. The Bertz CT molecular complexity index is 2570. The van der Waals surface area contributed by atoms with Crippen molar-refractivity contribution in [1.82, 2.24) is 0 Å². The lowest BCUT2D eigenvalue weighted by molar-refractivity contribution is -0.142. The van der Waals surface area contributed by atoms with E-state index in [4.69, 9.17) is 0 Å². The van der Waals surface area contributed by atoms with Crippen LogP contribution in [0.2, 0.25) is 0 Å². The van der Waals surface area contributed by atoms with Crippen LogP contribution in [0.25, 0.3) is 21.5 Å². The summed E-state index contributed by atoms with van der Waals surface area (Å²) in [4.78, 5) is 31.5. The molecule has 0 radical (unpaired) electrons. The number of carbonyl (C=O) groups excluding carboxylic acids is 2. The monoisotopic (exact) mass is 734 g/mol. The minimum Gasteiger partial charge on any atom is -0.507 e. The summed E-state index contributed by atoms with van der Waals surface area (Å²) in [7, 11) is 0. The Morgan fingerprint density at radius 2 is 0.643 bits per heavy atom. The summed E-state index contributed by atoms with van der Waals surface area (Å²) in [5.74, 6) is -6.11. The highest BCUT2D eigenvalue weighted by Crippen LogP contribution is 2.53. The van der Waals surface area contributed by atoms with E-state index >= 15 is 0 Å². The molecule has 272 valence electrons. The van der Waals surface area contributed by atoms with Crippen LogP contribution < -0.4 is 9.80 Å². The van der Waals surface area contributed by atoms with Gasteiger partial charge in [-0.3, -0.25) is 9.59 Å². The third-order valence-electron chi connectivity index (χ3n) is 10.5. The van der Waals surface area contributed by atoms with Crippen LogP contribution in [0.1, 0.15) is 23.0 Å². The summed E-state index contributed by atoms with van der Waals surface area (Å²) in [6.45, 7) is 0. The lowest BCUT2D eigenvalue weighted by atomic mass is 9.65. The van der Waals surface area contributed by atoms with Gasteiger partial charge in [-0.15, -0.1) is 0 Å². The zero-order valence-corrected chi connectivity index (χ0v) is 29.8. The van der Waals surface area contributed by atoms with Crippen LogP contribution in [0.3, 0.4) is 0 Å². The van der Waals surface area contributed by atoms with Gasteiger partial charge in [-0.2, -0.15) is 0 Å². The van der Waals surface area contributed by atoms with E-state index in [1.807, 2.05) is 155 Å². The van der Waals surface area contributed by atoms with Crippen molar-refractivity contribution in [2.24, 2.45) is 0 Å². The fraction of sp³-hybridized carbons (Fsp3) is 0.0417. The lowest BCUT2D eigenvalue weighted by Gasteiger charge is -2.34. The van der Waals surface area contributed by atoms with E-state index in [0.717, 1.165) is 44.3 Å². The van der Waals surface area contributed by atoms with Gasteiger partial charge in [0, 0.05) is 47.0 Å². The number of hydrogen-bond donors (Lipinski definition) is 4. The van der Waals surface area contributed by atoms with Crippen LogP contribution in [-0.4, -0.2) is 32.0 Å². The van der Waals surface area contributed by atoms with E-state index in [2.05, 4.69) is 0 Å². The summed E-state index contributed by atoms with van der Waals surface area (Å²) in [5.41, 5.74) is 3.39. The molecule has 0 aromatic heterocycles. The third-order valence-corrected chi connectivity index (χ3v) is 10.5. The van der Waals surface area contributed by atoms with Crippen molar-refractivity contribution in [3.05, 3.63) is 181 Å². The molecule has 0 aliphatic heterocycles. The highest BCUT2D eigenvalue weighted by Gasteiger charge is 2.54. The van der Waals surface area contributed by atoms with Crippen molar-refractivity contribution in [2.75, 3.05) is 9.80 Å². The quantitative estimate of drug-likeness (QED) is 0.114. The molecular weight excluding hydrogens is 701 g/mol. The lowest BCUT2D eigenvalue weighted by Crippen LogP contribution is -2.44. The molecule has 56 heavy (non-hydrogen) atoms. The van der Waals surface area contributed by atoms with Crippen LogP contribution in [0.15, 0.2) is 170 Å². The van der Waals surface area contributed by atoms with Gasteiger partial charge in [-0.1, -0.05) is 97.1 Å². The second-order valence-electron chi connectivity index (χ2n) is 13.9. The molecule has 9 rings (SSSR count). The highest BCUT2D eigenvalue weighted by atomic mass is 16.3. The fourth-order valence-electron chi connectivity index (χ4n) is 7.83. The number of carbonyl (C=O) groups is 2. The zero-order chi connectivity index (χ0) is 38.5. The van der Waals surface area contributed by atoms with Gasteiger partial charge in [0.25, 0.3) is 0 Å². The number of nitrogens with zero attached hydrogens (tertiary/aromatic N) is 2. The predicted molar refractivity (Wildman–Crippen MR) is 219 cm³/mol. The summed E-state index contributed by atoms with van der Waals surface area (Å²) in [6.07, 6.45) is 0. The molecule has 0 spiro atoms. The number of hydrogen-bond acceptors (Lipinski definition) is 8. The van der Waals surface area contributed by atoms with E-state index < -0.39 is 46.4 Å². The molecule has 4 N–H and O–H groups in total. The molecule has 1 fully saturated rings. The number of aromatic hydroxyl groups is 4. The largest absolute Gasteiger partial charge is 0.507 e. The van der Waals surface area contributed by atoms with Gasteiger partial charge in [-0.05, 0) is 70.1 Å². The maximum absolute atomic E-state index is 13.9. The van der Waals surface area contributed by atoms with E-state index in [9.17, 15) is 30.0 Å². The summed E-state index contributed by atoms with van der Waals surface area (Å²) >= 11 is 0. The maximum Gasteiger partial charge on any atom is 0.163 e. The molecule has 8 heteroatoms. The molecule has 8 aromatic carbocycles. The van der Waals surface area contributed by atoms with Crippen molar-refractivity contribution < 1.29 is 30.0 Å². The van der Waals surface area contributed by atoms with E-state index in [0.29, 0.717) is 11.4 Å². The van der Waals surface area contributed by atoms with Crippen molar-refractivity contribution in [3.8, 4) is 23.0 Å². The van der Waals surface area contributed by atoms with Crippen molar-refractivity contribution in [2.45, 2.75) is 11.8 Å². The van der Waals surface area contributed by atoms with Gasteiger partial charge in [0.2, 0.25) is 0 Å². The van der Waals surface area contributed by atoms with Crippen LogP contribution in [0.4, 0.5) is 34.1 Å². The van der Waals surface area contributed by atoms with Crippen LogP contribution in [0, 0.1) is 0 Å². The number of Topliss-reactive ketones (excluding diaryl/α,β-unsaturated/α-hetero) is 2. The molecule has 8 nitrogen and oxygen atoms in total. The normalized spacial score (nSPS) is 15.1. The molecule has 0 saturated heterocycles. The third kappa shape index (κ3) is 5.81. The topological polar surface area (TPSA) is 122 Å². The minimum absolute atomic E-state index is 0.228. The van der Waals surface area contributed by atoms with Gasteiger partial charge >= 0.3 is 0 Å². The summed E-state index contributed by atoms with van der Waals surface area (Å²) in [6, 6.07) is 52.2. The second kappa shape index (κ2) is 13.7. The number of phenols is 4. The van der Waals surface area contributed by atoms with Crippen molar-refractivity contribution in [1.29, 1.82) is 0 Å². The average Bonchev–Trinajstić information content (AvgIpc) is 3.21. The van der Waals surface area contributed by atoms with Gasteiger partial charge in [-0.25, -0.2) is 0 Å². The minimum atomic E-state index is -1.50. The Morgan fingerprint density at radius 1 is 0.321 bits per heavy atom. The number of para-hydroxylation sites is 2. The standard InChI is InChI=1S/C48H34N2O6/c51-39-25-37(49(33-15-3-1-4-16-33)35-21-19-29-11-7-9-13-31(29)23-35)26-40(52)43(39)45-47(55)46(48(45)56)44-41(53)27-38(28-42(44)54)50(34-17-5-2-6-18-34)36-22-20-30-12-8-10-14-32(30)24-36/h1-28,45-46,51-54H. The first-order valence-electron chi connectivity index (χ1n) is 18.1. The van der Waals surface area contributed by atoms with Crippen molar-refractivity contribution in [3.63, 3.8) is 0 Å². The number of anilines is 6. The van der Waals surface area contributed by atoms with E-state index in [1.165, 1.54) is 24.3 Å². The molecule has 0 unspecified atom stereocenters. The number of fused-ring (bicyclic) bond motifs is 2. The maximum atomic E-state index is 13.9. The molecule has 1 aliphatic carbocycles. The Morgan fingerprint density at radius 3 is 1.00 bits per heavy atom. The van der Waals surface area contributed by atoms with E-state index in [-0.39, 0.29) is 11.1 Å². The summed E-state index contributed by atoms with van der Waals surface area (Å²) in [5, 5.41) is 49.7. The Balaban J connectivity index is 1.05. The zero-order valence-electron chi connectivity index (χ0n) is 29.8.